The minimum absolute atomic E-state index is 0.00482. The van der Waals surface area contributed by atoms with Gasteiger partial charge in [0.1, 0.15) is 6.10 Å². The number of fused-ring (bicyclic) bond motifs is 8. The number of aromatic nitrogens is 1. The Labute approximate surface area is 189 Å². The summed E-state index contributed by atoms with van der Waals surface area (Å²) in [5.41, 5.74) is 2.11. The van der Waals surface area contributed by atoms with Gasteiger partial charge in [-0.2, -0.15) is 0 Å². The Balaban J connectivity index is 1.55. The zero-order chi connectivity index (χ0) is 21.7. The maximum atomic E-state index is 13.6. The molecular formula is C26H35NO3S. The third-order valence-electron chi connectivity index (χ3n) is 8.41. The topological polar surface area (TPSA) is 56.3 Å². The van der Waals surface area contributed by atoms with Crippen LogP contribution in [0.4, 0.5) is 0 Å². The predicted molar refractivity (Wildman–Crippen MR) is 122 cm³/mol. The highest BCUT2D eigenvalue weighted by Gasteiger charge is 2.53. The van der Waals surface area contributed by atoms with Crippen LogP contribution in [0, 0.1) is 30.6 Å². The van der Waals surface area contributed by atoms with Crippen molar-refractivity contribution in [2.24, 2.45) is 23.7 Å². The number of ether oxygens (including phenoxy) is 1. The highest BCUT2D eigenvalue weighted by Crippen LogP contribution is 2.61. The zero-order valence-electron chi connectivity index (χ0n) is 19.1. The molecule has 0 N–H and O–H groups in total. The quantitative estimate of drug-likeness (QED) is 0.494. The molecule has 0 radical (unpaired) electrons. The number of esters is 1. The van der Waals surface area contributed by atoms with Crippen molar-refractivity contribution in [1.82, 2.24) is 4.98 Å². The first-order valence-corrected chi connectivity index (χ1v) is 13.2. The molecule has 7 atom stereocenters. The van der Waals surface area contributed by atoms with Crippen molar-refractivity contribution in [2.75, 3.05) is 0 Å². The first kappa shape index (κ1) is 21.4. The number of ketones is 1. The van der Waals surface area contributed by atoms with Crippen LogP contribution >= 0.6 is 11.3 Å². The van der Waals surface area contributed by atoms with E-state index in [1.54, 1.807) is 0 Å². The number of carbonyl (C=O) groups is 2. The van der Waals surface area contributed by atoms with Crippen molar-refractivity contribution >= 4 is 23.1 Å². The van der Waals surface area contributed by atoms with Gasteiger partial charge in [0.15, 0.2) is 5.78 Å². The van der Waals surface area contributed by atoms with Crippen LogP contribution in [0.5, 0.6) is 0 Å². The fourth-order valence-electron chi connectivity index (χ4n) is 6.90. The van der Waals surface area contributed by atoms with Gasteiger partial charge >= 0.3 is 5.97 Å². The largest absolute Gasteiger partial charge is 0.462 e. The molecule has 4 aliphatic rings. The van der Waals surface area contributed by atoms with Gasteiger partial charge in [0.25, 0.3) is 0 Å². The van der Waals surface area contributed by atoms with Crippen molar-refractivity contribution < 1.29 is 14.3 Å². The van der Waals surface area contributed by atoms with Crippen molar-refractivity contribution in [3.63, 3.8) is 0 Å². The van der Waals surface area contributed by atoms with Gasteiger partial charge in [0.2, 0.25) is 0 Å². The van der Waals surface area contributed by atoms with E-state index >= 15 is 0 Å². The Hall–Kier alpha value is -1.49. The van der Waals surface area contributed by atoms with Crippen LogP contribution in [0.1, 0.15) is 99.0 Å². The molecule has 0 aromatic carbocycles. The monoisotopic (exact) mass is 441 g/mol. The van der Waals surface area contributed by atoms with Crippen LogP contribution in [-0.4, -0.2) is 22.8 Å². The van der Waals surface area contributed by atoms with Gasteiger partial charge in [-0.15, -0.1) is 11.3 Å². The average molecular weight is 442 g/mol. The number of Topliss-reactive ketones (excluding diaryl/α,β-unsaturated/α-hetero) is 1. The number of hydrogen-bond acceptors (Lipinski definition) is 5. The molecule has 31 heavy (non-hydrogen) atoms. The molecule has 0 spiro atoms. The van der Waals surface area contributed by atoms with Crippen LogP contribution in [-0.2, 0) is 14.3 Å². The Kier molecular flexibility index (Phi) is 5.83. The van der Waals surface area contributed by atoms with E-state index in [0.717, 1.165) is 42.7 Å². The molecule has 1 aliphatic heterocycles. The number of carbonyl (C=O) groups excluding carboxylic acids is 2. The average Bonchev–Trinajstić information content (AvgIpc) is 3.45. The molecule has 1 saturated carbocycles. The van der Waals surface area contributed by atoms with Crippen LogP contribution in [0.3, 0.4) is 0 Å². The summed E-state index contributed by atoms with van der Waals surface area (Å²) in [5.74, 6) is 1.78. The van der Waals surface area contributed by atoms with E-state index in [1.165, 1.54) is 29.8 Å². The summed E-state index contributed by atoms with van der Waals surface area (Å²) in [4.78, 5) is 33.1. The minimum atomic E-state index is -0.133. The lowest BCUT2D eigenvalue weighted by molar-refractivity contribution is -0.150. The van der Waals surface area contributed by atoms with E-state index in [2.05, 4.69) is 26.8 Å². The molecule has 2 heterocycles. The van der Waals surface area contributed by atoms with Gasteiger partial charge in [-0.25, -0.2) is 4.98 Å². The smallest absolute Gasteiger partial charge is 0.306 e. The molecular weight excluding hydrogens is 406 g/mol. The number of nitrogens with zero attached hydrogens (tertiary/aromatic N) is 1. The molecule has 0 amide bonds. The molecule has 5 unspecified atom stereocenters. The summed E-state index contributed by atoms with van der Waals surface area (Å²) in [5, 5.41) is 1.12. The number of cyclic esters (lactones) is 1. The lowest BCUT2D eigenvalue weighted by Crippen LogP contribution is -2.32. The van der Waals surface area contributed by atoms with Crippen molar-refractivity contribution in [1.29, 1.82) is 0 Å². The summed E-state index contributed by atoms with van der Waals surface area (Å²) >= 11 is 1.85. The molecule has 1 aromatic rings. The summed E-state index contributed by atoms with van der Waals surface area (Å²) in [6, 6.07) is 0. The van der Waals surface area contributed by atoms with E-state index in [-0.39, 0.29) is 35.6 Å². The second-order valence-electron chi connectivity index (χ2n) is 10.3. The number of rotatable bonds is 1. The molecule has 168 valence electrons. The van der Waals surface area contributed by atoms with Crippen LogP contribution in [0.2, 0.25) is 0 Å². The van der Waals surface area contributed by atoms with Crippen LogP contribution in [0.25, 0.3) is 0 Å². The van der Waals surface area contributed by atoms with Gasteiger partial charge in [-0.1, -0.05) is 32.8 Å². The maximum absolute atomic E-state index is 13.6. The number of thiazole rings is 1. The standard InChI is InChI=1S/C26H35NO3S/c1-4-16-9-6-5-8-14(2)25(29)21-12-19-17-10-7-11-18(17)26-24(27-15(3)31-26)23(19)20(21)13-22(28)30-16/h12,14,16-20,23H,4-11,13H2,1-3H3/t14?,16?,17?,18?,19-,20?,23+/m0/s1. The Morgan fingerprint density at radius 3 is 2.71 bits per heavy atom. The highest BCUT2D eigenvalue weighted by atomic mass is 32.1. The van der Waals surface area contributed by atoms with Crippen LogP contribution in [0.15, 0.2) is 11.6 Å². The van der Waals surface area contributed by atoms with Gasteiger partial charge < -0.3 is 4.74 Å². The second-order valence-corrected chi connectivity index (χ2v) is 11.5. The highest BCUT2D eigenvalue weighted by molar-refractivity contribution is 7.11. The molecule has 4 nitrogen and oxygen atoms in total. The lowest BCUT2D eigenvalue weighted by Gasteiger charge is -2.37. The maximum Gasteiger partial charge on any atom is 0.306 e. The van der Waals surface area contributed by atoms with E-state index in [0.29, 0.717) is 24.2 Å². The van der Waals surface area contributed by atoms with Gasteiger partial charge in [-0.05, 0) is 68.8 Å². The van der Waals surface area contributed by atoms with E-state index in [4.69, 9.17) is 9.72 Å². The third kappa shape index (κ3) is 3.71. The molecule has 5 rings (SSSR count). The third-order valence-corrected chi connectivity index (χ3v) is 9.53. The fraction of sp³-hybridized carbons (Fsp3) is 0.731. The predicted octanol–water partition coefficient (Wildman–Crippen LogP) is 6.10. The van der Waals surface area contributed by atoms with E-state index in [9.17, 15) is 9.59 Å². The number of allylic oxidation sites excluding steroid dienone is 2. The molecule has 0 bridgehead atoms. The first-order chi connectivity index (χ1) is 15.0. The summed E-state index contributed by atoms with van der Waals surface area (Å²) in [6.07, 6.45) is 11.1. The van der Waals surface area contributed by atoms with E-state index < -0.39 is 0 Å². The Bertz CT molecular complexity index is 902. The Morgan fingerprint density at radius 1 is 1.10 bits per heavy atom. The van der Waals surface area contributed by atoms with Crippen molar-refractivity contribution in [3.05, 3.63) is 27.2 Å². The van der Waals surface area contributed by atoms with Gasteiger partial charge in [-0.3, -0.25) is 9.59 Å². The SMILES string of the molecule is CCC1CCCCC(C)C(=O)C2=C[C@H]3C4CCCC4c4sc(C)nc4[C@H]3C2CC(=O)O1. The van der Waals surface area contributed by atoms with Gasteiger partial charge in [0.05, 0.1) is 17.1 Å². The lowest BCUT2D eigenvalue weighted by atomic mass is 9.67. The van der Waals surface area contributed by atoms with Crippen molar-refractivity contribution in [3.8, 4) is 0 Å². The number of aryl methyl sites for hydroxylation is 1. The van der Waals surface area contributed by atoms with Gasteiger partial charge in [0, 0.05) is 22.6 Å². The second kappa shape index (κ2) is 8.46. The molecule has 5 heteroatoms. The zero-order valence-corrected chi connectivity index (χ0v) is 19.9. The number of hydrogen-bond donors (Lipinski definition) is 0. The normalized spacial score (nSPS) is 38.2. The summed E-state index contributed by atoms with van der Waals surface area (Å²) in [6.45, 7) is 6.28. The fourth-order valence-corrected chi connectivity index (χ4v) is 8.09. The summed E-state index contributed by atoms with van der Waals surface area (Å²) < 4.78 is 5.91. The Morgan fingerprint density at radius 2 is 1.90 bits per heavy atom. The molecule has 1 aromatic heterocycles. The first-order valence-electron chi connectivity index (χ1n) is 12.4. The molecule has 1 saturated heterocycles. The summed E-state index contributed by atoms with van der Waals surface area (Å²) in [7, 11) is 0. The molecule has 3 aliphatic carbocycles. The van der Waals surface area contributed by atoms with Crippen LogP contribution < -0.4 is 0 Å². The van der Waals surface area contributed by atoms with E-state index in [1.807, 2.05) is 11.3 Å². The minimum Gasteiger partial charge on any atom is -0.462 e. The molecule has 2 fully saturated rings. The van der Waals surface area contributed by atoms with Crippen molar-refractivity contribution in [2.45, 2.75) is 96.5 Å².